The molecule has 0 radical (unpaired) electrons. The summed E-state index contributed by atoms with van der Waals surface area (Å²) in [5.41, 5.74) is 3.65. The van der Waals surface area contributed by atoms with Crippen molar-refractivity contribution < 1.29 is 9.59 Å². The van der Waals surface area contributed by atoms with E-state index in [0.717, 1.165) is 9.37 Å². The molecule has 0 saturated carbocycles. The standard InChI is InChI=1S/C13H10BrN5O2/c14-7-1-2-9-10(3-7)13(21)19(12(9)20)6-8-4-17-11(18-15)5-16-8/h1-5H,6,15H2,(H,17,18). The molecule has 106 valence electrons. The van der Waals surface area contributed by atoms with Crippen LogP contribution >= 0.6 is 15.9 Å². The average molecular weight is 348 g/mol. The van der Waals surface area contributed by atoms with E-state index in [0.29, 0.717) is 22.6 Å². The summed E-state index contributed by atoms with van der Waals surface area (Å²) in [5.74, 6) is 4.95. The lowest BCUT2D eigenvalue weighted by Crippen LogP contribution is -2.29. The summed E-state index contributed by atoms with van der Waals surface area (Å²) in [6.45, 7) is 0.0712. The Bertz CT molecular complexity index is 732. The van der Waals surface area contributed by atoms with E-state index in [1.54, 1.807) is 18.2 Å². The summed E-state index contributed by atoms with van der Waals surface area (Å²) in [5, 5.41) is 0. The SMILES string of the molecule is NNc1cnc(CN2C(=O)c3ccc(Br)cc3C2=O)cn1. The second-order valence-electron chi connectivity index (χ2n) is 4.42. The number of imide groups is 1. The molecule has 0 aliphatic carbocycles. The van der Waals surface area contributed by atoms with Crippen LogP contribution in [0.4, 0.5) is 5.82 Å². The van der Waals surface area contributed by atoms with Crippen LogP contribution in [0.1, 0.15) is 26.4 Å². The summed E-state index contributed by atoms with van der Waals surface area (Å²) < 4.78 is 0.752. The topological polar surface area (TPSA) is 101 Å². The minimum Gasteiger partial charge on any atom is -0.307 e. The molecule has 2 amide bonds. The lowest BCUT2D eigenvalue weighted by Gasteiger charge is -2.12. The molecular weight excluding hydrogens is 338 g/mol. The molecule has 0 bridgehead atoms. The number of nitrogens with two attached hydrogens (primary N) is 1. The van der Waals surface area contributed by atoms with Gasteiger partial charge in [-0.25, -0.2) is 10.8 Å². The molecule has 2 heterocycles. The maximum Gasteiger partial charge on any atom is 0.261 e. The zero-order valence-corrected chi connectivity index (χ0v) is 12.3. The van der Waals surface area contributed by atoms with Crippen LogP contribution in [0.3, 0.4) is 0 Å². The number of aromatic nitrogens is 2. The van der Waals surface area contributed by atoms with Gasteiger partial charge in [-0.1, -0.05) is 15.9 Å². The summed E-state index contributed by atoms with van der Waals surface area (Å²) in [4.78, 5) is 33.8. The van der Waals surface area contributed by atoms with Gasteiger partial charge in [-0.3, -0.25) is 19.5 Å². The van der Waals surface area contributed by atoms with Crippen LogP contribution in [-0.2, 0) is 6.54 Å². The molecular formula is C13H10BrN5O2. The number of nitrogen functional groups attached to an aromatic ring is 1. The van der Waals surface area contributed by atoms with Gasteiger partial charge < -0.3 is 5.43 Å². The average Bonchev–Trinajstić information content (AvgIpc) is 2.73. The van der Waals surface area contributed by atoms with Crippen molar-refractivity contribution in [2.24, 2.45) is 5.84 Å². The van der Waals surface area contributed by atoms with Gasteiger partial charge in [-0.2, -0.15) is 0 Å². The number of hydrogen-bond donors (Lipinski definition) is 2. The zero-order valence-electron chi connectivity index (χ0n) is 10.7. The van der Waals surface area contributed by atoms with E-state index in [4.69, 9.17) is 5.84 Å². The first-order chi connectivity index (χ1) is 10.1. The highest BCUT2D eigenvalue weighted by atomic mass is 79.9. The van der Waals surface area contributed by atoms with Gasteiger partial charge in [0.1, 0.15) is 0 Å². The summed E-state index contributed by atoms with van der Waals surface area (Å²) in [7, 11) is 0. The largest absolute Gasteiger partial charge is 0.307 e. The Labute approximate surface area is 128 Å². The van der Waals surface area contributed by atoms with Gasteiger partial charge in [0.2, 0.25) is 0 Å². The first-order valence-corrected chi connectivity index (χ1v) is 6.82. The highest BCUT2D eigenvalue weighted by Crippen LogP contribution is 2.26. The van der Waals surface area contributed by atoms with Crippen molar-refractivity contribution in [1.29, 1.82) is 0 Å². The highest BCUT2D eigenvalue weighted by molar-refractivity contribution is 9.10. The Morgan fingerprint density at radius 3 is 2.57 bits per heavy atom. The van der Waals surface area contributed by atoms with Crippen LogP contribution in [0.25, 0.3) is 0 Å². The van der Waals surface area contributed by atoms with Gasteiger partial charge in [0.25, 0.3) is 11.8 Å². The van der Waals surface area contributed by atoms with Gasteiger partial charge in [-0.05, 0) is 18.2 Å². The van der Waals surface area contributed by atoms with Crippen molar-refractivity contribution in [2.75, 3.05) is 5.43 Å². The van der Waals surface area contributed by atoms with Gasteiger partial charge in [0.15, 0.2) is 5.82 Å². The first-order valence-electron chi connectivity index (χ1n) is 6.03. The van der Waals surface area contributed by atoms with E-state index in [2.05, 4.69) is 31.3 Å². The molecule has 21 heavy (non-hydrogen) atoms. The zero-order chi connectivity index (χ0) is 15.0. The van der Waals surface area contributed by atoms with E-state index in [1.807, 2.05) is 0 Å². The Morgan fingerprint density at radius 2 is 1.90 bits per heavy atom. The third kappa shape index (κ3) is 2.39. The van der Waals surface area contributed by atoms with Gasteiger partial charge in [0, 0.05) is 4.47 Å². The predicted molar refractivity (Wildman–Crippen MR) is 78.2 cm³/mol. The fourth-order valence-corrected chi connectivity index (χ4v) is 2.44. The number of nitrogens with one attached hydrogen (secondary N) is 1. The van der Waals surface area contributed by atoms with Gasteiger partial charge in [-0.15, -0.1) is 0 Å². The number of amides is 2. The molecule has 0 saturated heterocycles. The fourth-order valence-electron chi connectivity index (χ4n) is 2.08. The Hall–Kier alpha value is -2.32. The van der Waals surface area contributed by atoms with Crippen LogP contribution < -0.4 is 11.3 Å². The van der Waals surface area contributed by atoms with E-state index in [9.17, 15) is 9.59 Å². The molecule has 7 nitrogen and oxygen atoms in total. The molecule has 3 rings (SSSR count). The Balaban J connectivity index is 1.87. The number of nitrogens with zero attached hydrogens (tertiary/aromatic N) is 3. The molecule has 1 aromatic carbocycles. The number of rotatable bonds is 3. The molecule has 0 atom stereocenters. The van der Waals surface area contributed by atoms with Crippen LogP contribution in [0.15, 0.2) is 35.1 Å². The van der Waals surface area contributed by atoms with Crippen molar-refractivity contribution in [3.05, 3.63) is 51.9 Å². The number of halogens is 1. The first kappa shape index (κ1) is 13.7. The molecule has 3 N–H and O–H groups in total. The van der Waals surface area contributed by atoms with E-state index in [1.165, 1.54) is 12.4 Å². The quantitative estimate of drug-likeness (QED) is 0.493. The lowest BCUT2D eigenvalue weighted by molar-refractivity contribution is 0.0640. The number of hydrazine groups is 1. The smallest absolute Gasteiger partial charge is 0.261 e. The monoisotopic (exact) mass is 347 g/mol. The second kappa shape index (κ2) is 5.23. The van der Waals surface area contributed by atoms with Crippen LogP contribution in [0, 0.1) is 0 Å². The van der Waals surface area contributed by atoms with Crippen LogP contribution in [0.5, 0.6) is 0 Å². The third-order valence-corrected chi connectivity index (χ3v) is 3.60. The molecule has 1 aromatic heterocycles. The minimum atomic E-state index is -0.334. The van der Waals surface area contributed by atoms with Crippen molar-refractivity contribution >= 4 is 33.6 Å². The maximum absolute atomic E-state index is 12.3. The van der Waals surface area contributed by atoms with Crippen LogP contribution in [-0.4, -0.2) is 26.7 Å². The molecule has 0 unspecified atom stereocenters. The van der Waals surface area contributed by atoms with Crippen molar-refractivity contribution in [3.63, 3.8) is 0 Å². The van der Waals surface area contributed by atoms with Crippen molar-refractivity contribution in [1.82, 2.24) is 14.9 Å². The number of anilines is 1. The van der Waals surface area contributed by atoms with Crippen molar-refractivity contribution in [2.45, 2.75) is 6.54 Å². The molecule has 8 heteroatoms. The molecule has 2 aromatic rings. The number of benzene rings is 1. The molecule has 1 aliphatic heterocycles. The number of fused-ring (bicyclic) bond motifs is 1. The molecule has 0 fully saturated rings. The maximum atomic E-state index is 12.3. The Kier molecular flexibility index (Phi) is 3.40. The van der Waals surface area contributed by atoms with Gasteiger partial charge in [0.05, 0.1) is 35.8 Å². The normalized spacial score (nSPS) is 13.5. The highest BCUT2D eigenvalue weighted by Gasteiger charge is 2.35. The third-order valence-electron chi connectivity index (χ3n) is 3.11. The fraction of sp³-hybridized carbons (Fsp3) is 0.0769. The second-order valence-corrected chi connectivity index (χ2v) is 5.34. The van der Waals surface area contributed by atoms with E-state index in [-0.39, 0.29) is 18.4 Å². The van der Waals surface area contributed by atoms with E-state index >= 15 is 0 Å². The summed E-state index contributed by atoms with van der Waals surface area (Å²) in [6, 6.07) is 5.00. The number of carbonyl (C=O) groups excluding carboxylic acids is 2. The minimum absolute atomic E-state index is 0.0712. The predicted octanol–water partition coefficient (Wildman–Crippen LogP) is 1.32. The molecule has 1 aliphatic rings. The van der Waals surface area contributed by atoms with Crippen LogP contribution in [0.2, 0.25) is 0 Å². The number of carbonyl (C=O) groups is 2. The summed E-state index contributed by atoms with van der Waals surface area (Å²) in [6.07, 6.45) is 2.90. The van der Waals surface area contributed by atoms with E-state index < -0.39 is 0 Å². The number of hydrogen-bond acceptors (Lipinski definition) is 6. The molecule has 0 spiro atoms. The Morgan fingerprint density at radius 1 is 1.14 bits per heavy atom. The van der Waals surface area contributed by atoms with Crippen molar-refractivity contribution in [3.8, 4) is 0 Å². The van der Waals surface area contributed by atoms with Gasteiger partial charge >= 0.3 is 0 Å². The lowest BCUT2D eigenvalue weighted by atomic mass is 10.1. The summed E-state index contributed by atoms with van der Waals surface area (Å²) >= 11 is 3.29.